The lowest BCUT2D eigenvalue weighted by Gasteiger charge is -2.11. The van der Waals surface area contributed by atoms with Gasteiger partial charge in [0.2, 0.25) is 0 Å². The second-order valence-corrected chi connectivity index (χ2v) is 7.11. The van der Waals surface area contributed by atoms with Crippen molar-refractivity contribution in [1.29, 1.82) is 0 Å². The van der Waals surface area contributed by atoms with Crippen molar-refractivity contribution in [2.75, 3.05) is 6.54 Å². The highest BCUT2D eigenvalue weighted by molar-refractivity contribution is 7.07. The molecule has 0 unspecified atom stereocenters. The Kier molecular flexibility index (Phi) is 5.97. The summed E-state index contributed by atoms with van der Waals surface area (Å²) in [4.78, 5) is 16.8. The molecule has 4 rings (SSSR count). The molecular weight excluding hydrogens is 384 g/mol. The number of carbonyl (C=O) groups excluding carboxylic acids is 1. The molecule has 0 atom stereocenters. The van der Waals surface area contributed by atoms with E-state index in [1.165, 1.54) is 11.3 Å². The van der Waals surface area contributed by atoms with Crippen molar-refractivity contribution in [2.24, 2.45) is 0 Å². The minimum absolute atomic E-state index is 0.146. The van der Waals surface area contributed by atoms with Crippen LogP contribution in [0.25, 0.3) is 5.69 Å². The second kappa shape index (κ2) is 9.16. The van der Waals surface area contributed by atoms with Gasteiger partial charge in [-0.05, 0) is 42.3 Å². The lowest BCUT2D eigenvalue weighted by atomic mass is 10.1. The summed E-state index contributed by atoms with van der Waals surface area (Å²) in [5, 5.41) is 9.12. The van der Waals surface area contributed by atoms with Gasteiger partial charge in [-0.2, -0.15) is 5.10 Å². The monoisotopic (exact) mass is 404 g/mol. The highest BCUT2D eigenvalue weighted by Gasteiger charge is 2.12. The first kappa shape index (κ1) is 18.9. The Morgan fingerprint density at radius 3 is 2.72 bits per heavy atom. The van der Waals surface area contributed by atoms with E-state index in [1.54, 1.807) is 23.8 Å². The van der Waals surface area contributed by atoms with E-state index in [4.69, 9.17) is 4.74 Å². The van der Waals surface area contributed by atoms with E-state index >= 15 is 0 Å². The number of carbonyl (C=O) groups is 1. The molecule has 146 valence electrons. The molecular formula is C22H20N4O2S. The summed E-state index contributed by atoms with van der Waals surface area (Å²) in [5.74, 6) is 0.411. The Hall–Kier alpha value is -3.45. The molecule has 0 radical (unpaired) electrons. The fraction of sp³-hybridized carbons (Fsp3) is 0.136. The van der Waals surface area contributed by atoms with Crippen LogP contribution in [-0.2, 0) is 13.0 Å². The number of para-hydroxylation sites is 1. The summed E-state index contributed by atoms with van der Waals surface area (Å²) in [6.45, 7) is 0.886. The number of nitrogens with one attached hydrogen (secondary N) is 1. The first-order valence-corrected chi connectivity index (χ1v) is 10.2. The summed E-state index contributed by atoms with van der Waals surface area (Å²) in [6, 6.07) is 17.3. The van der Waals surface area contributed by atoms with Gasteiger partial charge in [0.1, 0.15) is 12.4 Å². The smallest absolute Gasteiger partial charge is 0.255 e. The predicted octanol–water partition coefficient (Wildman–Crippen LogP) is 3.88. The van der Waals surface area contributed by atoms with E-state index in [0.29, 0.717) is 24.5 Å². The standard InChI is InChI=1S/C22H20N4O2S/c27-22(20-4-1-2-5-21(20)28-14-18-15-29-16-24-18)23-12-10-17-6-8-19(9-7-17)26-13-3-11-25-26/h1-9,11,13,15-16H,10,12,14H2,(H,23,27). The highest BCUT2D eigenvalue weighted by atomic mass is 32.1. The van der Waals surface area contributed by atoms with Crippen LogP contribution >= 0.6 is 11.3 Å². The van der Waals surface area contributed by atoms with Crippen LogP contribution in [0.2, 0.25) is 0 Å². The number of amides is 1. The second-order valence-electron chi connectivity index (χ2n) is 6.39. The van der Waals surface area contributed by atoms with Gasteiger partial charge in [0.25, 0.3) is 5.91 Å². The number of benzene rings is 2. The molecule has 0 spiro atoms. The number of nitrogens with zero attached hydrogens (tertiary/aromatic N) is 3. The third kappa shape index (κ3) is 4.89. The highest BCUT2D eigenvalue weighted by Crippen LogP contribution is 2.19. The molecule has 0 saturated heterocycles. The molecule has 2 aromatic heterocycles. The normalized spacial score (nSPS) is 10.6. The van der Waals surface area contributed by atoms with Gasteiger partial charge in [0, 0.05) is 24.3 Å². The minimum Gasteiger partial charge on any atom is -0.486 e. The Morgan fingerprint density at radius 1 is 1.10 bits per heavy atom. The number of aromatic nitrogens is 3. The summed E-state index contributed by atoms with van der Waals surface area (Å²) in [6.07, 6.45) is 4.40. The first-order valence-electron chi connectivity index (χ1n) is 9.25. The average molecular weight is 404 g/mol. The molecule has 0 bridgehead atoms. The fourth-order valence-corrected chi connectivity index (χ4v) is 3.44. The topological polar surface area (TPSA) is 69.0 Å². The molecule has 6 nitrogen and oxygen atoms in total. The SMILES string of the molecule is O=C(NCCc1ccc(-n2cccn2)cc1)c1ccccc1OCc1cscn1. The molecule has 2 heterocycles. The van der Waals surface area contributed by atoms with Gasteiger partial charge >= 0.3 is 0 Å². The molecule has 7 heteroatoms. The summed E-state index contributed by atoms with van der Waals surface area (Å²) < 4.78 is 7.60. The predicted molar refractivity (Wildman–Crippen MR) is 112 cm³/mol. The van der Waals surface area contributed by atoms with Gasteiger partial charge in [0.05, 0.1) is 22.5 Å². The minimum atomic E-state index is -0.146. The van der Waals surface area contributed by atoms with Gasteiger partial charge in [-0.3, -0.25) is 4.79 Å². The quantitative estimate of drug-likeness (QED) is 0.484. The van der Waals surface area contributed by atoms with Gasteiger partial charge in [-0.25, -0.2) is 9.67 Å². The Morgan fingerprint density at radius 2 is 1.97 bits per heavy atom. The maximum atomic E-state index is 12.6. The molecule has 0 aliphatic carbocycles. The molecule has 29 heavy (non-hydrogen) atoms. The average Bonchev–Trinajstić information content (AvgIpc) is 3.47. The Labute approximate surface area is 172 Å². The van der Waals surface area contributed by atoms with Crippen molar-refractivity contribution < 1.29 is 9.53 Å². The van der Waals surface area contributed by atoms with Crippen LogP contribution < -0.4 is 10.1 Å². The lowest BCUT2D eigenvalue weighted by molar-refractivity contribution is 0.0949. The van der Waals surface area contributed by atoms with Crippen molar-refractivity contribution in [3.8, 4) is 11.4 Å². The van der Waals surface area contributed by atoms with Gasteiger partial charge in [-0.15, -0.1) is 11.3 Å². The van der Waals surface area contributed by atoms with Gasteiger partial charge in [0.15, 0.2) is 0 Å². The molecule has 2 aromatic carbocycles. The molecule has 1 N–H and O–H groups in total. The number of hydrogen-bond donors (Lipinski definition) is 1. The van der Waals surface area contributed by atoms with Gasteiger partial charge in [-0.1, -0.05) is 24.3 Å². The molecule has 0 saturated carbocycles. The van der Waals surface area contributed by atoms with Crippen molar-refractivity contribution in [2.45, 2.75) is 13.0 Å². The van der Waals surface area contributed by atoms with Crippen LogP contribution in [0.1, 0.15) is 21.6 Å². The fourth-order valence-electron chi connectivity index (χ4n) is 2.89. The van der Waals surface area contributed by atoms with Crippen LogP contribution in [0.3, 0.4) is 0 Å². The third-order valence-electron chi connectivity index (χ3n) is 4.40. The van der Waals surface area contributed by atoms with E-state index in [9.17, 15) is 4.79 Å². The molecule has 1 amide bonds. The van der Waals surface area contributed by atoms with E-state index in [-0.39, 0.29) is 5.91 Å². The van der Waals surface area contributed by atoms with Crippen LogP contribution in [0.4, 0.5) is 0 Å². The molecule has 0 fully saturated rings. The summed E-state index contributed by atoms with van der Waals surface area (Å²) >= 11 is 1.52. The Balaban J connectivity index is 1.31. The zero-order valence-corrected chi connectivity index (χ0v) is 16.5. The zero-order chi connectivity index (χ0) is 19.9. The number of rotatable bonds is 8. The van der Waals surface area contributed by atoms with Crippen LogP contribution in [0, 0.1) is 0 Å². The van der Waals surface area contributed by atoms with E-state index in [2.05, 4.69) is 15.4 Å². The maximum absolute atomic E-state index is 12.6. The largest absolute Gasteiger partial charge is 0.486 e. The molecule has 0 aliphatic heterocycles. The lowest BCUT2D eigenvalue weighted by Crippen LogP contribution is -2.26. The first-order chi connectivity index (χ1) is 14.3. The molecule has 4 aromatic rings. The van der Waals surface area contributed by atoms with Crippen molar-refractivity contribution >= 4 is 17.2 Å². The number of hydrogen-bond acceptors (Lipinski definition) is 5. The van der Waals surface area contributed by atoms with Crippen molar-refractivity contribution in [3.63, 3.8) is 0 Å². The molecule has 0 aliphatic rings. The summed E-state index contributed by atoms with van der Waals surface area (Å²) in [7, 11) is 0. The van der Waals surface area contributed by atoms with Crippen LogP contribution in [0.5, 0.6) is 5.75 Å². The zero-order valence-electron chi connectivity index (χ0n) is 15.7. The van der Waals surface area contributed by atoms with E-state index in [1.807, 2.05) is 58.7 Å². The van der Waals surface area contributed by atoms with E-state index < -0.39 is 0 Å². The van der Waals surface area contributed by atoms with Crippen LogP contribution in [0.15, 0.2) is 77.9 Å². The van der Waals surface area contributed by atoms with E-state index in [0.717, 1.165) is 23.4 Å². The van der Waals surface area contributed by atoms with Crippen molar-refractivity contribution in [1.82, 2.24) is 20.1 Å². The Bertz CT molecular complexity index is 1040. The number of thiazole rings is 1. The third-order valence-corrected chi connectivity index (χ3v) is 5.03. The maximum Gasteiger partial charge on any atom is 0.255 e. The van der Waals surface area contributed by atoms with Gasteiger partial charge < -0.3 is 10.1 Å². The van der Waals surface area contributed by atoms with Crippen LogP contribution in [-0.4, -0.2) is 27.2 Å². The number of ether oxygens (including phenoxy) is 1. The van der Waals surface area contributed by atoms with Crippen molar-refractivity contribution in [3.05, 3.63) is 94.7 Å². The summed E-state index contributed by atoms with van der Waals surface area (Å²) in [5.41, 5.74) is 5.29.